The SMILES string of the molecule is CC1(NC(=O)N2CCC(C(=O)O)CC2)CCCCC1. The van der Waals surface area contributed by atoms with Crippen LogP contribution in [0, 0.1) is 5.92 Å². The summed E-state index contributed by atoms with van der Waals surface area (Å²) in [7, 11) is 0. The molecule has 1 saturated carbocycles. The van der Waals surface area contributed by atoms with Gasteiger partial charge in [-0.15, -0.1) is 0 Å². The third-order valence-electron chi connectivity index (χ3n) is 4.50. The number of rotatable bonds is 2. The summed E-state index contributed by atoms with van der Waals surface area (Å²) in [5.41, 5.74) is -0.0705. The van der Waals surface area contributed by atoms with Crippen molar-refractivity contribution in [1.29, 1.82) is 0 Å². The minimum atomic E-state index is -0.737. The number of nitrogens with zero attached hydrogens (tertiary/aromatic N) is 1. The van der Waals surface area contributed by atoms with Crippen LogP contribution in [0.2, 0.25) is 0 Å². The lowest BCUT2D eigenvalue weighted by molar-refractivity contribution is -0.143. The first kappa shape index (κ1) is 14.2. The van der Waals surface area contributed by atoms with Gasteiger partial charge in [-0.1, -0.05) is 19.3 Å². The van der Waals surface area contributed by atoms with Crippen molar-refractivity contribution in [2.75, 3.05) is 13.1 Å². The van der Waals surface area contributed by atoms with Gasteiger partial charge in [0.1, 0.15) is 0 Å². The molecular formula is C14H24N2O3. The maximum atomic E-state index is 12.2. The molecule has 5 nitrogen and oxygen atoms in total. The molecule has 1 aliphatic carbocycles. The summed E-state index contributed by atoms with van der Waals surface area (Å²) < 4.78 is 0. The highest BCUT2D eigenvalue weighted by molar-refractivity contribution is 5.76. The first-order chi connectivity index (χ1) is 9.00. The molecule has 1 aliphatic heterocycles. The van der Waals surface area contributed by atoms with Crippen LogP contribution in [0.4, 0.5) is 4.79 Å². The van der Waals surface area contributed by atoms with E-state index in [0.29, 0.717) is 25.9 Å². The van der Waals surface area contributed by atoms with Crippen LogP contribution in [0.15, 0.2) is 0 Å². The second-order valence-corrected chi connectivity index (χ2v) is 6.15. The highest BCUT2D eigenvalue weighted by Crippen LogP contribution is 2.28. The van der Waals surface area contributed by atoms with Crippen LogP contribution in [0.25, 0.3) is 0 Å². The number of amides is 2. The Hall–Kier alpha value is -1.26. The van der Waals surface area contributed by atoms with Crippen molar-refractivity contribution in [3.8, 4) is 0 Å². The lowest BCUT2D eigenvalue weighted by atomic mass is 9.83. The Balaban J connectivity index is 1.82. The molecule has 0 unspecified atom stereocenters. The standard InChI is InChI=1S/C14H24N2O3/c1-14(7-3-2-4-8-14)15-13(19)16-9-5-11(6-10-16)12(17)18/h11H,2-10H2,1H3,(H,15,19)(H,17,18). The number of carboxylic acids is 1. The second-order valence-electron chi connectivity index (χ2n) is 6.15. The number of carboxylic acid groups (broad SMARTS) is 1. The third kappa shape index (κ3) is 3.61. The highest BCUT2D eigenvalue weighted by Gasteiger charge is 2.32. The molecule has 2 rings (SSSR count). The number of hydrogen-bond donors (Lipinski definition) is 2. The van der Waals surface area contributed by atoms with Crippen molar-refractivity contribution < 1.29 is 14.7 Å². The van der Waals surface area contributed by atoms with Gasteiger partial charge in [0.25, 0.3) is 0 Å². The van der Waals surface area contributed by atoms with Gasteiger partial charge in [-0.05, 0) is 32.6 Å². The fraction of sp³-hybridized carbons (Fsp3) is 0.857. The number of nitrogens with one attached hydrogen (secondary N) is 1. The van der Waals surface area contributed by atoms with Crippen molar-refractivity contribution in [2.24, 2.45) is 5.92 Å². The van der Waals surface area contributed by atoms with Gasteiger partial charge in [0.05, 0.1) is 5.92 Å². The Labute approximate surface area is 114 Å². The summed E-state index contributed by atoms with van der Waals surface area (Å²) in [5, 5.41) is 12.1. The van der Waals surface area contributed by atoms with Gasteiger partial charge in [0.15, 0.2) is 0 Å². The Morgan fingerprint density at radius 1 is 1.16 bits per heavy atom. The molecule has 0 aromatic rings. The van der Waals surface area contributed by atoms with Crippen molar-refractivity contribution in [3.63, 3.8) is 0 Å². The molecule has 0 atom stereocenters. The number of piperidine rings is 1. The Morgan fingerprint density at radius 2 is 1.74 bits per heavy atom. The average molecular weight is 268 g/mol. The molecule has 0 spiro atoms. The molecule has 0 radical (unpaired) electrons. The molecule has 2 aliphatic rings. The molecule has 2 amide bonds. The van der Waals surface area contributed by atoms with Crippen LogP contribution >= 0.6 is 0 Å². The van der Waals surface area contributed by atoms with E-state index in [4.69, 9.17) is 5.11 Å². The minimum absolute atomic E-state index is 0.0201. The minimum Gasteiger partial charge on any atom is -0.481 e. The Morgan fingerprint density at radius 3 is 2.26 bits per heavy atom. The number of hydrogen-bond acceptors (Lipinski definition) is 2. The largest absolute Gasteiger partial charge is 0.481 e. The van der Waals surface area contributed by atoms with Crippen LogP contribution in [-0.2, 0) is 4.79 Å². The monoisotopic (exact) mass is 268 g/mol. The topological polar surface area (TPSA) is 69.6 Å². The van der Waals surface area contributed by atoms with E-state index in [1.165, 1.54) is 19.3 Å². The van der Waals surface area contributed by atoms with E-state index < -0.39 is 5.97 Å². The predicted molar refractivity (Wildman–Crippen MR) is 72.0 cm³/mol. The normalized spacial score (nSPS) is 23.9. The summed E-state index contributed by atoms with van der Waals surface area (Å²) in [6.45, 7) is 3.23. The van der Waals surface area contributed by atoms with E-state index in [9.17, 15) is 9.59 Å². The molecule has 5 heteroatoms. The lowest BCUT2D eigenvalue weighted by Gasteiger charge is -2.38. The molecule has 1 heterocycles. The predicted octanol–water partition coefficient (Wildman–Crippen LogP) is 2.22. The first-order valence-corrected chi connectivity index (χ1v) is 7.30. The Kier molecular flexibility index (Phi) is 4.32. The molecule has 0 aromatic carbocycles. The average Bonchev–Trinajstić information content (AvgIpc) is 2.39. The van der Waals surface area contributed by atoms with E-state index in [0.717, 1.165) is 12.8 Å². The number of likely N-dealkylation sites (tertiary alicyclic amines) is 1. The summed E-state index contributed by atoms with van der Waals surface area (Å²) >= 11 is 0. The van der Waals surface area contributed by atoms with Gasteiger partial charge in [-0.2, -0.15) is 0 Å². The lowest BCUT2D eigenvalue weighted by Crippen LogP contribution is -2.54. The molecule has 2 fully saturated rings. The van der Waals surface area contributed by atoms with Crippen molar-refractivity contribution in [3.05, 3.63) is 0 Å². The summed E-state index contributed by atoms with van der Waals surface area (Å²) in [6.07, 6.45) is 6.85. The summed E-state index contributed by atoms with van der Waals surface area (Å²) in [5.74, 6) is -1.02. The van der Waals surface area contributed by atoms with Gasteiger partial charge in [-0.25, -0.2) is 4.79 Å². The van der Waals surface area contributed by atoms with E-state index in [1.54, 1.807) is 4.90 Å². The van der Waals surface area contributed by atoms with Gasteiger partial charge in [0, 0.05) is 18.6 Å². The van der Waals surface area contributed by atoms with Crippen LogP contribution in [0.3, 0.4) is 0 Å². The smallest absolute Gasteiger partial charge is 0.317 e. The molecule has 19 heavy (non-hydrogen) atoms. The number of urea groups is 1. The first-order valence-electron chi connectivity index (χ1n) is 7.30. The molecule has 2 N–H and O–H groups in total. The maximum absolute atomic E-state index is 12.2. The quantitative estimate of drug-likeness (QED) is 0.806. The number of carbonyl (C=O) groups is 2. The zero-order valence-corrected chi connectivity index (χ0v) is 11.7. The summed E-state index contributed by atoms with van der Waals surface area (Å²) in [4.78, 5) is 24.9. The van der Waals surface area contributed by atoms with E-state index in [-0.39, 0.29) is 17.5 Å². The second kappa shape index (κ2) is 5.80. The molecule has 0 aromatic heterocycles. The molecule has 108 valence electrons. The van der Waals surface area contributed by atoms with E-state index >= 15 is 0 Å². The molecule has 0 bridgehead atoms. The van der Waals surface area contributed by atoms with Crippen molar-refractivity contribution >= 4 is 12.0 Å². The molecule has 1 saturated heterocycles. The zero-order chi connectivity index (χ0) is 13.9. The highest BCUT2D eigenvalue weighted by atomic mass is 16.4. The maximum Gasteiger partial charge on any atom is 0.317 e. The zero-order valence-electron chi connectivity index (χ0n) is 11.7. The third-order valence-corrected chi connectivity index (χ3v) is 4.50. The number of carbonyl (C=O) groups excluding carboxylic acids is 1. The van der Waals surface area contributed by atoms with Gasteiger partial charge in [-0.3, -0.25) is 4.79 Å². The van der Waals surface area contributed by atoms with Gasteiger partial charge in [0.2, 0.25) is 0 Å². The van der Waals surface area contributed by atoms with Gasteiger partial charge < -0.3 is 15.3 Å². The van der Waals surface area contributed by atoms with E-state index in [1.807, 2.05) is 0 Å². The Bertz CT molecular complexity index is 343. The fourth-order valence-corrected chi connectivity index (χ4v) is 3.12. The summed E-state index contributed by atoms with van der Waals surface area (Å²) in [6, 6.07) is -0.0201. The van der Waals surface area contributed by atoms with Crippen LogP contribution in [0.5, 0.6) is 0 Å². The van der Waals surface area contributed by atoms with Crippen molar-refractivity contribution in [1.82, 2.24) is 10.2 Å². The van der Waals surface area contributed by atoms with Crippen LogP contribution < -0.4 is 5.32 Å². The van der Waals surface area contributed by atoms with Gasteiger partial charge >= 0.3 is 12.0 Å². The fourth-order valence-electron chi connectivity index (χ4n) is 3.12. The molecular weight excluding hydrogens is 244 g/mol. The van der Waals surface area contributed by atoms with E-state index in [2.05, 4.69) is 12.2 Å². The van der Waals surface area contributed by atoms with Crippen molar-refractivity contribution in [2.45, 2.75) is 57.4 Å². The number of aliphatic carboxylic acids is 1. The van der Waals surface area contributed by atoms with Crippen LogP contribution in [0.1, 0.15) is 51.9 Å². The van der Waals surface area contributed by atoms with Crippen LogP contribution in [-0.4, -0.2) is 40.6 Å².